The molecule has 0 saturated carbocycles. The second kappa shape index (κ2) is 11.8. The van der Waals surface area contributed by atoms with E-state index in [1.165, 1.54) is 42.5 Å². The average molecular weight is 665 g/mol. The third kappa shape index (κ3) is 7.74. The predicted molar refractivity (Wildman–Crippen MR) is 150 cm³/mol. The summed E-state index contributed by atoms with van der Waals surface area (Å²) in [5.41, 5.74) is 0.262. The smallest absolute Gasteiger partial charge is 0.295 e. The molecule has 208 valence electrons. The number of rotatable bonds is 8. The Kier molecular flexibility index (Phi) is 8.77. The van der Waals surface area contributed by atoms with Gasteiger partial charge in [-0.15, -0.1) is 0 Å². The highest BCUT2D eigenvalue weighted by atomic mass is 35.5. The van der Waals surface area contributed by atoms with Crippen molar-refractivity contribution >= 4 is 102 Å². The van der Waals surface area contributed by atoms with E-state index in [0.717, 1.165) is 12.1 Å². The van der Waals surface area contributed by atoms with Crippen LogP contribution in [0.3, 0.4) is 0 Å². The molecule has 0 saturated heterocycles. The Labute approximate surface area is 246 Å². The number of nitrogens with zero attached hydrogens (tertiary/aromatic N) is 5. The first-order valence-electron chi connectivity index (χ1n) is 10.4. The number of benzene rings is 2. The van der Waals surface area contributed by atoms with Crippen LogP contribution in [0, 0.1) is 0 Å². The predicted octanol–water partition coefficient (Wildman–Crippen LogP) is 5.43. The summed E-state index contributed by atoms with van der Waals surface area (Å²) in [7, 11) is -9.52. The van der Waals surface area contributed by atoms with Gasteiger partial charge in [0.1, 0.15) is 20.1 Å². The van der Waals surface area contributed by atoms with Crippen LogP contribution in [0.25, 0.3) is 12.2 Å². The summed E-state index contributed by atoms with van der Waals surface area (Å²) in [6, 6.07) is 8.97. The van der Waals surface area contributed by atoms with Gasteiger partial charge < -0.3 is 10.6 Å². The highest BCUT2D eigenvalue weighted by Crippen LogP contribution is 2.28. The molecule has 2 heterocycles. The third-order valence-corrected chi connectivity index (χ3v) is 7.33. The van der Waals surface area contributed by atoms with Gasteiger partial charge in [-0.05, 0) is 58.6 Å². The summed E-state index contributed by atoms with van der Waals surface area (Å²) >= 11 is 23.2. The van der Waals surface area contributed by atoms with Crippen LogP contribution in [-0.2, 0) is 20.2 Å². The summed E-state index contributed by atoms with van der Waals surface area (Å²) in [5, 5.41) is 5.05. The molecule has 0 amide bonds. The van der Waals surface area contributed by atoms with E-state index in [1.807, 2.05) is 0 Å². The maximum atomic E-state index is 12.1. The Balaban J connectivity index is 1.69. The minimum Gasteiger partial charge on any atom is -0.324 e. The van der Waals surface area contributed by atoms with E-state index in [2.05, 4.69) is 35.6 Å². The van der Waals surface area contributed by atoms with E-state index < -0.39 is 30.0 Å². The summed E-state index contributed by atoms with van der Waals surface area (Å²) in [4.78, 5) is 18.0. The Morgan fingerprint density at radius 2 is 1.00 bits per heavy atom. The topological polar surface area (TPSA) is 197 Å². The van der Waals surface area contributed by atoms with E-state index in [1.54, 1.807) is 0 Å². The third-order valence-electron chi connectivity index (χ3n) is 4.78. The molecule has 4 N–H and O–H groups in total. The molecule has 0 atom stereocenters. The van der Waals surface area contributed by atoms with Crippen LogP contribution in [0.4, 0.5) is 23.3 Å². The summed E-state index contributed by atoms with van der Waals surface area (Å²) in [5.74, 6) is -0.123. The van der Waals surface area contributed by atoms with Crippen LogP contribution in [0.2, 0.25) is 20.9 Å². The SMILES string of the molecule is O=S(=O)(O)c1cc(Nc2nc(Cl)cc(Cl)n2)ccc1C=Cc1ccc(Nc2nc(Cl)nc(Cl)n2)cc1S(=O)(=O)O. The van der Waals surface area contributed by atoms with Gasteiger partial charge in [-0.25, -0.2) is 9.97 Å². The zero-order chi connectivity index (χ0) is 29.2. The first-order chi connectivity index (χ1) is 18.7. The van der Waals surface area contributed by atoms with Crippen molar-refractivity contribution in [1.82, 2.24) is 24.9 Å². The molecule has 13 nitrogen and oxygen atoms in total. The molecule has 4 aromatic rings. The summed E-state index contributed by atoms with van der Waals surface area (Å²) < 4.78 is 68.0. The van der Waals surface area contributed by atoms with Gasteiger partial charge in [-0.3, -0.25) is 9.11 Å². The minimum atomic E-state index is -4.77. The second-order valence-corrected chi connectivity index (χ2v) is 11.8. The molecular formula is C21H13Cl4N7O6S2. The zero-order valence-electron chi connectivity index (χ0n) is 19.3. The Hall–Kier alpha value is -3.15. The van der Waals surface area contributed by atoms with Crippen molar-refractivity contribution in [1.29, 1.82) is 0 Å². The van der Waals surface area contributed by atoms with Crippen molar-refractivity contribution in [3.8, 4) is 0 Å². The van der Waals surface area contributed by atoms with Crippen LogP contribution in [0.15, 0.2) is 52.3 Å². The molecule has 0 aliphatic carbocycles. The number of aromatic nitrogens is 5. The zero-order valence-corrected chi connectivity index (χ0v) is 23.9. The lowest BCUT2D eigenvalue weighted by Crippen LogP contribution is -2.04. The van der Waals surface area contributed by atoms with E-state index in [-0.39, 0.29) is 55.3 Å². The minimum absolute atomic E-state index is 0.0175. The normalized spacial score (nSPS) is 12.1. The van der Waals surface area contributed by atoms with Gasteiger partial charge in [-0.1, -0.05) is 47.5 Å². The van der Waals surface area contributed by atoms with Crippen LogP contribution in [-0.4, -0.2) is 50.9 Å². The van der Waals surface area contributed by atoms with Gasteiger partial charge in [0.15, 0.2) is 0 Å². The van der Waals surface area contributed by atoms with Crippen LogP contribution >= 0.6 is 46.4 Å². The molecule has 2 aromatic heterocycles. The Morgan fingerprint density at radius 3 is 1.40 bits per heavy atom. The average Bonchev–Trinajstić information content (AvgIpc) is 2.81. The standard InChI is InChI=1S/C21H13Cl4N7O6S2/c22-16-9-17(23)29-20(28-16)26-12-5-3-10(14(7-12)39(33,34)35)1-2-11-4-6-13(8-15(11)40(36,37)38)27-21-31-18(24)30-19(25)32-21/h1-9H,(H,26,28,29)(H,33,34,35)(H,36,37,38)(H,27,30,31,32). The van der Waals surface area contributed by atoms with Gasteiger partial charge in [0, 0.05) is 17.4 Å². The molecule has 4 rings (SSSR count). The van der Waals surface area contributed by atoms with E-state index in [4.69, 9.17) is 46.4 Å². The molecule has 40 heavy (non-hydrogen) atoms. The molecular weight excluding hydrogens is 652 g/mol. The van der Waals surface area contributed by atoms with Crippen molar-refractivity contribution in [3.05, 3.63) is 74.5 Å². The fraction of sp³-hybridized carbons (Fsp3) is 0. The molecule has 0 aliphatic rings. The summed E-state index contributed by atoms with van der Waals surface area (Å²) in [6.07, 6.45) is 2.45. The van der Waals surface area contributed by atoms with Crippen LogP contribution < -0.4 is 10.6 Å². The van der Waals surface area contributed by atoms with Crippen LogP contribution in [0.5, 0.6) is 0 Å². The van der Waals surface area contributed by atoms with Crippen molar-refractivity contribution in [2.75, 3.05) is 10.6 Å². The van der Waals surface area contributed by atoms with Gasteiger partial charge in [-0.2, -0.15) is 31.8 Å². The fourth-order valence-corrected chi connectivity index (χ4v) is 5.42. The molecule has 0 spiro atoms. The highest BCUT2D eigenvalue weighted by molar-refractivity contribution is 7.86. The lowest BCUT2D eigenvalue weighted by Gasteiger charge is -2.10. The van der Waals surface area contributed by atoms with E-state index in [0.29, 0.717) is 0 Å². The number of anilines is 4. The Bertz CT molecular complexity index is 1700. The van der Waals surface area contributed by atoms with Gasteiger partial charge in [0.25, 0.3) is 20.2 Å². The lowest BCUT2D eigenvalue weighted by molar-refractivity contribution is 0.480. The first kappa shape index (κ1) is 29.8. The second-order valence-electron chi connectivity index (χ2n) is 7.57. The monoisotopic (exact) mass is 663 g/mol. The number of nitrogens with one attached hydrogen (secondary N) is 2. The van der Waals surface area contributed by atoms with Gasteiger partial charge in [0.2, 0.25) is 22.5 Å². The van der Waals surface area contributed by atoms with Crippen molar-refractivity contribution in [2.45, 2.75) is 9.79 Å². The first-order valence-corrected chi connectivity index (χ1v) is 14.8. The van der Waals surface area contributed by atoms with Crippen molar-refractivity contribution in [3.63, 3.8) is 0 Å². The largest absolute Gasteiger partial charge is 0.324 e. The summed E-state index contributed by atoms with van der Waals surface area (Å²) in [6.45, 7) is 0. The lowest BCUT2D eigenvalue weighted by atomic mass is 10.1. The molecule has 2 aromatic carbocycles. The van der Waals surface area contributed by atoms with E-state index in [9.17, 15) is 25.9 Å². The molecule has 0 fully saturated rings. The maximum Gasteiger partial charge on any atom is 0.295 e. The Morgan fingerprint density at radius 1 is 0.600 bits per heavy atom. The maximum absolute atomic E-state index is 12.1. The van der Waals surface area contributed by atoms with Crippen LogP contribution in [0.1, 0.15) is 11.1 Å². The molecule has 19 heteroatoms. The fourth-order valence-electron chi connectivity index (χ4n) is 3.21. The highest BCUT2D eigenvalue weighted by Gasteiger charge is 2.18. The quantitative estimate of drug-likeness (QED) is 0.106. The van der Waals surface area contributed by atoms with Crippen molar-refractivity contribution in [2.24, 2.45) is 0 Å². The van der Waals surface area contributed by atoms with E-state index >= 15 is 0 Å². The molecule has 0 bridgehead atoms. The molecule has 0 radical (unpaired) electrons. The van der Waals surface area contributed by atoms with Gasteiger partial charge >= 0.3 is 0 Å². The molecule has 0 aliphatic heterocycles. The number of halogens is 4. The number of hydrogen-bond acceptors (Lipinski definition) is 11. The van der Waals surface area contributed by atoms with Crippen molar-refractivity contribution < 1.29 is 25.9 Å². The molecule has 0 unspecified atom stereocenters. The van der Waals surface area contributed by atoms with Gasteiger partial charge in [0.05, 0.1) is 0 Å². The number of hydrogen-bond donors (Lipinski definition) is 4.